The number of halogens is 1. The maximum atomic E-state index is 12.9. The second-order valence-electron chi connectivity index (χ2n) is 6.55. The van der Waals surface area contributed by atoms with Crippen molar-refractivity contribution in [3.05, 3.63) is 95.0 Å². The lowest BCUT2D eigenvalue weighted by Crippen LogP contribution is -2.18. The summed E-state index contributed by atoms with van der Waals surface area (Å²) in [6.07, 6.45) is 1.57. The number of rotatable bonds is 5. The van der Waals surface area contributed by atoms with Crippen molar-refractivity contribution in [2.75, 3.05) is 7.11 Å². The molecule has 6 heteroatoms. The fourth-order valence-electron chi connectivity index (χ4n) is 3.08. The van der Waals surface area contributed by atoms with Gasteiger partial charge in [-0.2, -0.15) is 5.10 Å². The molecule has 1 N–H and O–H groups in total. The Kier molecular flexibility index (Phi) is 5.72. The lowest BCUT2D eigenvalue weighted by Gasteiger charge is -2.09. The van der Waals surface area contributed by atoms with E-state index in [1.54, 1.807) is 31.5 Å². The van der Waals surface area contributed by atoms with Gasteiger partial charge in [-0.3, -0.25) is 4.79 Å². The molecular formula is C24H18ClN3O2. The van der Waals surface area contributed by atoms with E-state index in [2.05, 4.69) is 15.5 Å². The van der Waals surface area contributed by atoms with E-state index in [9.17, 15) is 4.79 Å². The summed E-state index contributed by atoms with van der Waals surface area (Å²) in [6.45, 7) is 0. The Morgan fingerprint density at radius 1 is 1.03 bits per heavy atom. The van der Waals surface area contributed by atoms with Crippen molar-refractivity contribution in [1.82, 2.24) is 10.4 Å². The summed E-state index contributed by atoms with van der Waals surface area (Å²) in [5.41, 5.74) is 6.21. The number of pyridine rings is 1. The summed E-state index contributed by atoms with van der Waals surface area (Å²) in [5.74, 6) is 0.404. The Bertz CT molecular complexity index is 1240. The smallest absolute Gasteiger partial charge is 0.272 e. The third kappa shape index (κ3) is 4.31. The molecule has 0 radical (unpaired) electrons. The number of benzene rings is 3. The van der Waals surface area contributed by atoms with E-state index in [4.69, 9.17) is 16.3 Å². The zero-order chi connectivity index (χ0) is 20.9. The first-order chi connectivity index (χ1) is 14.6. The maximum Gasteiger partial charge on any atom is 0.272 e. The highest BCUT2D eigenvalue weighted by Gasteiger charge is 2.13. The molecule has 3 aromatic carbocycles. The highest BCUT2D eigenvalue weighted by Crippen LogP contribution is 2.26. The minimum Gasteiger partial charge on any atom is -0.497 e. The van der Waals surface area contributed by atoms with Crippen molar-refractivity contribution < 1.29 is 9.53 Å². The number of carbonyl (C=O) groups is 1. The third-order valence-corrected chi connectivity index (χ3v) is 4.83. The molecule has 0 unspecified atom stereocenters. The van der Waals surface area contributed by atoms with Crippen LogP contribution in [0.4, 0.5) is 0 Å². The lowest BCUT2D eigenvalue weighted by atomic mass is 10.0. The molecule has 148 valence electrons. The zero-order valence-corrected chi connectivity index (χ0v) is 16.9. The van der Waals surface area contributed by atoms with Gasteiger partial charge >= 0.3 is 0 Å². The van der Waals surface area contributed by atoms with Gasteiger partial charge < -0.3 is 4.74 Å². The maximum absolute atomic E-state index is 12.9. The second kappa shape index (κ2) is 8.76. The van der Waals surface area contributed by atoms with Gasteiger partial charge in [0.25, 0.3) is 5.91 Å². The van der Waals surface area contributed by atoms with Crippen LogP contribution in [0.5, 0.6) is 5.75 Å². The molecule has 5 nitrogen and oxygen atoms in total. The summed E-state index contributed by atoms with van der Waals surface area (Å²) in [4.78, 5) is 17.6. The van der Waals surface area contributed by atoms with Crippen LogP contribution in [0, 0.1) is 0 Å². The molecule has 0 saturated carbocycles. The standard InChI is InChI=1S/C24H18ClN3O2/c1-30-19-6-4-5-16(13-19)15-26-28-24(29)21-14-23(17-9-11-18(25)12-10-17)27-22-8-3-2-7-20(21)22/h2-15H,1H3,(H,28,29)/b26-15+. The third-order valence-electron chi connectivity index (χ3n) is 4.57. The first-order valence-electron chi connectivity index (χ1n) is 9.27. The Hall–Kier alpha value is -3.70. The molecule has 0 bridgehead atoms. The van der Waals surface area contributed by atoms with Gasteiger partial charge in [-0.15, -0.1) is 0 Å². The topological polar surface area (TPSA) is 63.6 Å². The largest absolute Gasteiger partial charge is 0.497 e. The van der Waals surface area contributed by atoms with Crippen LogP contribution >= 0.6 is 11.6 Å². The van der Waals surface area contributed by atoms with Crippen molar-refractivity contribution in [3.8, 4) is 17.0 Å². The number of hydrogen-bond acceptors (Lipinski definition) is 4. The first kappa shape index (κ1) is 19.6. The molecule has 4 rings (SSSR count). The number of nitrogens with one attached hydrogen (secondary N) is 1. The molecule has 1 heterocycles. The molecule has 4 aromatic rings. The molecular weight excluding hydrogens is 398 g/mol. The molecule has 0 aliphatic carbocycles. The van der Waals surface area contributed by atoms with E-state index >= 15 is 0 Å². The van der Waals surface area contributed by atoms with Crippen LogP contribution in [0.2, 0.25) is 5.02 Å². The number of carbonyl (C=O) groups excluding carboxylic acids is 1. The number of fused-ring (bicyclic) bond motifs is 1. The van der Waals surface area contributed by atoms with Crippen LogP contribution < -0.4 is 10.2 Å². The average molecular weight is 416 g/mol. The van der Waals surface area contributed by atoms with Crippen LogP contribution in [-0.2, 0) is 0 Å². The number of hydrogen-bond donors (Lipinski definition) is 1. The number of hydrazone groups is 1. The van der Waals surface area contributed by atoms with Crippen LogP contribution in [0.25, 0.3) is 22.2 Å². The number of amides is 1. The molecule has 0 atom stereocenters. The molecule has 30 heavy (non-hydrogen) atoms. The highest BCUT2D eigenvalue weighted by molar-refractivity contribution is 6.30. The van der Waals surface area contributed by atoms with Gasteiger partial charge in [0.15, 0.2) is 0 Å². The predicted octanol–water partition coefficient (Wildman–Crippen LogP) is 5.33. The monoisotopic (exact) mass is 415 g/mol. The predicted molar refractivity (Wildman–Crippen MR) is 120 cm³/mol. The van der Waals surface area contributed by atoms with E-state index in [0.29, 0.717) is 16.3 Å². The number of ether oxygens (including phenoxy) is 1. The number of aromatic nitrogens is 1. The Morgan fingerprint density at radius 2 is 1.83 bits per heavy atom. The summed E-state index contributed by atoms with van der Waals surface area (Å²) in [5, 5.41) is 5.49. The molecule has 0 aliphatic rings. The van der Waals surface area contributed by atoms with Gasteiger partial charge in [-0.05, 0) is 42.0 Å². The van der Waals surface area contributed by atoms with Gasteiger partial charge in [-0.1, -0.05) is 54.1 Å². The molecule has 0 spiro atoms. The molecule has 1 amide bonds. The summed E-state index contributed by atoms with van der Waals surface area (Å²) in [7, 11) is 1.60. The van der Waals surface area contributed by atoms with Crippen molar-refractivity contribution >= 4 is 34.6 Å². The Labute approximate surface area is 179 Å². The summed E-state index contributed by atoms with van der Waals surface area (Å²) in [6, 6.07) is 24.0. The highest BCUT2D eigenvalue weighted by atomic mass is 35.5. The van der Waals surface area contributed by atoms with Gasteiger partial charge in [0.1, 0.15) is 5.75 Å². The fraction of sp³-hybridized carbons (Fsp3) is 0.0417. The van der Waals surface area contributed by atoms with Crippen molar-refractivity contribution in [2.24, 2.45) is 5.10 Å². The van der Waals surface area contributed by atoms with Crippen LogP contribution in [-0.4, -0.2) is 24.2 Å². The Morgan fingerprint density at radius 3 is 2.63 bits per heavy atom. The average Bonchev–Trinajstić information content (AvgIpc) is 2.79. The van der Waals surface area contributed by atoms with Gasteiger partial charge in [-0.25, -0.2) is 10.4 Å². The van der Waals surface area contributed by atoms with Crippen molar-refractivity contribution in [1.29, 1.82) is 0 Å². The van der Waals surface area contributed by atoms with Gasteiger partial charge in [0, 0.05) is 16.0 Å². The second-order valence-corrected chi connectivity index (χ2v) is 6.99. The quantitative estimate of drug-likeness (QED) is 0.354. The van der Waals surface area contributed by atoms with E-state index in [1.165, 1.54) is 0 Å². The van der Waals surface area contributed by atoms with Crippen molar-refractivity contribution in [3.63, 3.8) is 0 Å². The SMILES string of the molecule is COc1cccc(/C=N/NC(=O)c2cc(-c3ccc(Cl)cc3)nc3ccccc23)c1. The minimum absolute atomic E-state index is 0.317. The van der Waals surface area contributed by atoms with Gasteiger partial charge in [0.2, 0.25) is 0 Å². The number of para-hydroxylation sites is 1. The number of nitrogens with zero attached hydrogens (tertiary/aromatic N) is 2. The van der Waals surface area contributed by atoms with Crippen LogP contribution in [0.1, 0.15) is 15.9 Å². The fourth-order valence-corrected chi connectivity index (χ4v) is 3.21. The first-order valence-corrected chi connectivity index (χ1v) is 9.65. The summed E-state index contributed by atoms with van der Waals surface area (Å²) >= 11 is 5.99. The van der Waals surface area contributed by atoms with Gasteiger partial charge in [0.05, 0.1) is 30.1 Å². The van der Waals surface area contributed by atoms with Crippen molar-refractivity contribution in [2.45, 2.75) is 0 Å². The molecule has 0 fully saturated rings. The lowest BCUT2D eigenvalue weighted by molar-refractivity contribution is 0.0956. The zero-order valence-electron chi connectivity index (χ0n) is 16.2. The Balaban J connectivity index is 1.65. The van der Waals surface area contributed by atoms with Crippen LogP contribution in [0.3, 0.4) is 0 Å². The summed E-state index contributed by atoms with van der Waals surface area (Å²) < 4.78 is 5.20. The minimum atomic E-state index is -0.317. The van der Waals surface area contributed by atoms with Crippen LogP contribution in [0.15, 0.2) is 84.0 Å². The van der Waals surface area contributed by atoms with E-state index in [0.717, 1.165) is 27.8 Å². The molecule has 0 saturated heterocycles. The molecule has 0 aliphatic heterocycles. The number of methoxy groups -OCH3 is 1. The van der Waals surface area contributed by atoms with E-state index < -0.39 is 0 Å². The normalized spacial score (nSPS) is 11.0. The van der Waals surface area contributed by atoms with E-state index in [1.807, 2.05) is 60.7 Å². The molecule has 1 aromatic heterocycles. The van der Waals surface area contributed by atoms with E-state index in [-0.39, 0.29) is 5.91 Å².